The minimum Gasteiger partial charge on any atom is -0.496 e. The van der Waals surface area contributed by atoms with Gasteiger partial charge in [0, 0.05) is 30.9 Å². The van der Waals surface area contributed by atoms with Gasteiger partial charge in [0.15, 0.2) is 16.6 Å². The molecule has 8 nitrogen and oxygen atoms in total. The molecule has 158 valence electrons. The molecule has 30 heavy (non-hydrogen) atoms. The number of hydrogen-bond acceptors (Lipinski definition) is 8. The number of aromatic nitrogens is 1. The Morgan fingerprint density at radius 3 is 2.43 bits per heavy atom. The van der Waals surface area contributed by atoms with E-state index in [1.54, 1.807) is 23.5 Å². The molecule has 1 amide bonds. The van der Waals surface area contributed by atoms with Crippen LogP contribution in [0.2, 0.25) is 0 Å². The van der Waals surface area contributed by atoms with Crippen LogP contribution in [0, 0.1) is 0 Å². The lowest BCUT2D eigenvalue weighted by Crippen LogP contribution is -2.36. The number of nitrogens with zero attached hydrogens (tertiary/aromatic N) is 2. The van der Waals surface area contributed by atoms with Crippen LogP contribution >= 0.6 is 11.3 Å². The molecule has 1 fully saturated rings. The van der Waals surface area contributed by atoms with Crippen molar-refractivity contribution in [3.63, 3.8) is 0 Å². The number of ether oxygens (including phenoxy) is 4. The van der Waals surface area contributed by atoms with Crippen LogP contribution in [-0.2, 0) is 4.74 Å². The van der Waals surface area contributed by atoms with Crippen molar-refractivity contribution in [3.05, 3.63) is 35.9 Å². The minimum atomic E-state index is -0.301. The minimum absolute atomic E-state index is 0.301. The molecule has 0 spiro atoms. The van der Waals surface area contributed by atoms with Crippen LogP contribution in [0.3, 0.4) is 0 Å². The maximum Gasteiger partial charge on any atom is 0.259 e. The van der Waals surface area contributed by atoms with Crippen LogP contribution in [0.5, 0.6) is 17.2 Å². The van der Waals surface area contributed by atoms with Crippen LogP contribution in [0.1, 0.15) is 10.4 Å². The number of anilines is 2. The number of methoxy groups -OCH3 is 3. The number of morpholine rings is 1. The van der Waals surface area contributed by atoms with Gasteiger partial charge >= 0.3 is 0 Å². The van der Waals surface area contributed by atoms with Crippen molar-refractivity contribution in [2.45, 2.75) is 0 Å². The van der Waals surface area contributed by atoms with Crippen molar-refractivity contribution in [1.29, 1.82) is 0 Å². The van der Waals surface area contributed by atoms with E-state index in [0.717, 1.165) is 28.4 Å². The molecule has 0 saturated carbocycles. The van der Waals surface area contributed by atoms with Crippen molar-refractivity contribution in [2.75, 3.05) is 57.8 Å². The number of carbonyl (C=O) groups is 1. The van der Waals surface area contributed by atoms with Gasteiger partial charge in [-0.25, -0.2) is 4.98 Å². The number of benzene rings is 2. The smallest absolute Gasteiger partial charge is 0.259 e. The van der Waals surface area contributed by atoms with Crippen molar-refractivity contribution in [2.24, 2.45) is 0 Å². The first-order valence-corrected chi connectivity index (χ1v) is 10.3. The molecule has 0 radical (unpaired) electrons. The Morgan fingerprint density at radius 1 is 1.03 bits per heavy atom. The molecule has 3 aromatic rings. The highest BCUT2D eigenvalue weighted by atomic mass is 32.1. The summed E-state index contributed by atoms with van der Waals surface area (Å²) in [6.45, 7) is 3.10. The maximum atomic E-state index is 12.9. The fraction of sp³-hybridized carbons (Fsp3) is 0.333. The summed E-state index contributed by atoms with van der Waals surface area (Å²) >= 11 is 1.61. The van der Waals surface area contributed by atoms with Gasteiger partial charge < -0.3 is 29.2 Å². The predicted molar refractivity (Wildman–Crippen MR) is 117 cm³/mol. The van der Waals surface area contributed by atoms with Gasteiger partial charge in [-0.1, -0.05) is 11.3 Å². The van der Waals surface area contributed by atoms with E-state index < -0.39 is 0 Å². The molecular formula is C21H23N3O5S. The third-order valence-electron chi connectivity index (χ3n) is 4.87. The summed E-state index contributed by atoms with van der Waals surface area (Å²) in [5.41, 5.74) is 1.94. The molecule has 9 heteroatoms. The molecule has 0 atom stereocenters. The van der Waals surface area contributed by atoms with Crippen molar-refractivity contribution < 1.29 is 23.7 Å². The Labute approximate surface area is 178 Å². The van der Waals surface area contributed by atoms with Gasteiger partial charge in [0.05, 0.1) is 50.3 Å². The lowest BCUT2D eigenvalue weighted by Gasteiger charge is -2.25. The molecule has 1 aliphatic heterocycles. The molecule has 2 aromatic carbocycles. The number of thiazole rings is 1. The normalized spacial score (nSPS) is 13.9. The monoisotopic (exact) mass is 429 g/mol. The van der Waals surface area contributed by atoms with Crippen molar-refractivity contribution in [3.8, 4) is 17.2 Å². The molecule has 2 heterocycles. The Hall–Kier alpha value is -3.04. The molecule has 0 unspecified atom stereocenters. The number of hydrogen-bond donors (Lipinski definition) is 1. The fourth-order valence-electron chi connectivity index (χ4n) is 3.29. The van der Waals surface area contributed by atoms with Crippen LogP contribution in [0.4, 0.5) is 10.8 Å². The lowest BCUT2D eigenvalue weighted by atomic mass is 10.1. The highest BCUT2D eigenvalue weighted by Gasteiger charge is 2.19. The second kappa shape index (κ2) is 8.76. The van der Waals surface area contributed by atoms with Gasteiger partial charge in [0.25, 0.3) is 5.91 Å². The van der Waals surface area contributed by atoms with Crippen LogP contribution < -0.4 is 24.4 Å². The molecule has 1 aromatic heterocycles. The van der Waals surface area contributed by atoms with Gasteiger partial charge in [-0.2, -0.15) is 0 Å². The third kappa shape index (κ3) is 3.99. The van der Waals surface area contributed by atoms with Crippen molar-refractivity contribution in [1.82, 2.24) is 4.98 Å². The number of nitrogens with one attached hydrogen (secondary N) is 1. The summed E-state index contributed by atoms with van der Waals surface area (Å²) in [6, 6.07) is 8.93. The van der Waals surface area contributed by atoms with Crippen LogP contribution in [-0.4, -0.2) is 58.5 Å². The second-order valence-electron chi connectivity index (χ2n) is 6.64. The summed E-state index contributed by atoms with van der Waals surface area (Å²) in [5, 5.41) is 3.90. The summed E-state index contributed by atoms with van der Waals surface area (Å²) in [6.07, 6.45) is 0. The summed E-state index contributed by atoms with van der Waals surface area (Å²) < 4.78 is 22.4. The van der Waals surface area contributed by atoms with E-state index in [-0.39, 0.29) is 5.91 Å². The van der Waals surface area contributed by atoms with Gasteiger partial charge in [-0.3, -0.25) is 4.79 Å². The zero-order chi connectivity index (χ0) is 21.1. The number of amides is 1. The highest BCUT2D eigenvalue weighted by Crippen LogP contribution is 2.35. The predicted octanol–water partition coefficient (Wildman–Crippen LogP) is 3.41. The fourth-order valence-corrected chi connectivity index (χ4v) is 4.34. The SMILES string of the molecule is COc1cc(OC)c(C(=O)Nc2ccc3nc(N4CCOCC4)sc3c2)cc1OC. The molecular weight excluding hydrogens is 406 g/mol. The van der Waals surface area contributed by atoms with Gasteiger partial charge in [-0.15, -0.1) is 0 Å². The number of fused-ring (bicyclic) bond motifs is 1. The first-order valence-electron chi connectivity index (χ1n) is 9.47. The van der Waals surface area contributed by atoms with E-state index >= 15 is 0 Å². The number of carbonyl (C=O) groups excluding carboxylic acids is 1. The Balaban J connectivity index is 1.58. The van der Waals surface area contributed by atoms with E-state index in [1.165, 1.54) is 21.3 Å². The van der Waals surface area contributed by atoms with Crippen molar-refractivity contribution >= 4 is 38.3 Å². The number of rotatable bonds is 6. The van der Waals surface area contributed by atoms with E-state index in [9.17, 15) is 4.79 Å². The van der Waals surface area contributed by atoms with Gasteiger partial charge in [-0.05, 0) is 18.2 Å². The Kier molecular flexibility index (Phi) is 5.91. The highest BCUT2D eigenvalue weighted by molar-refractivity contribution is 7.22. The summed E-state index contributed by atoms with van der Waals surface area (Å²) in [7, 11) is 4.57. The molecule has 0 bridgehead atoms. The Bertz CT molecular complexity index is 1060. The third-order valence-corrected chi connectivity index (χ3v) is 5.95. The first kappa shape index (κ1) is 20.2. The molecule has 1 aliphatic rings. The molecule has 1 N–H and O–H groups in total. The summed E-state index contributed by atoms with van der Waals surface area (Å²) in [5.74, 6) is 1.05. The van der Waals surface area contributed by atoms with E-state index in [0.29, 0.717) is 41.7 Å². The topological polar surface area (TPSA) is 82.2 Å². The van der Waals surface area contributed by atoms with Gasteiger partial charge in [0.2, 0.25) is 0 Å². The molecule has 1 saturated heterocycles. The quantitative estimate of drug-likeness (QED) is 0.643. The zero-order valence-electron chi connectivity index (χ0n) is 17.1. The molecule has 4 rings (SSSR count). The zero-order valence-corrected chi connectivity index (χ0v) is 17.9. The molecule has 0 aliphatic carbocycles. The standard InChI is InChI=1S/C21H23N3O5S/c1-26-16-12-18(28-3)17(27-2)11-14(16)20(25)22-13-4-5-15-19(10-13)30-21(23-15)24-6-8-29-9-7-24/h4-5,10-12H,6-9H2,1-3H3,(H,22,25). The maximum absolute atomic E-state index is 12.9. The average molecular weight is 429 g/mol. The Morgan fingerprint density at radius 2 is 1.73 bits per heavy atom. The lowest BCUT2D eigenvalue weighted by molar-refractivity contribution is 0.102. The van der Waals surface area contributed by atoms with E-state index in [1.807, 2.05) is 18.2 Å². The first-order chi connectivity index (χ1) is 14.6. The van der Waals surface area contributed by atoms with Crippen LogP contribution in [0.25, 0.3) is 10.2 Å². The van der Waals surface area contributed by atoms with E-state index in [2.05, 4.69) is 10.2 Å². The average Bonchev–Trinajstić information content (AvgIpc) is 3.22. The van der Waals surface area contributed by atoms with Gasteiger partial charge in [0.1, 0.15) is 5.75 Å². The van der Waals surface area contributed by atoms with Crippen LogP contribution in [0.15, 0.2) is 30.3 Å². The summed E-state index contributed by atoms with van der Waals surface area (Å²) in [4.78, 5) is 19.9. The van der Waals surface area contributed by atoms with E-state index in [4.69, 9.17) is 23.9 Å². The largest absolute Gasteiger partial charge is 0.496 e. The second-order valence-corrected chi connectivity index (χ2v) is 7.65.